The van der Waals surface area contributed by atoms with E-state index in [2.05, 4.69) is 32.0 Å². The minimum Gasteiger partial charge on any atom is -0.497 e. The lowest BCUT2D eigenvalue weighted by molar-refractivity contribution is 0.306. The van der Waals surface area contributed by atoms with Gasteiger partial charge in [0.1, 0.15) is 18.1 Å². The van der Waals surface area contributed by atoms with E-state index in [4.69, 9.17) is 15.2 Å². The molecule has 0 aliphatic carbocycles. The maximum Gasteiger partial charge on any atom is 0.142 e. The minimum atomic E-state index is 0.518. The Morgan fingerprint density at radius 1 is 1.05 bits per heavy atom. The van der Waals surface area contributed by atoms with E-state index in [1.807, 2.05) is 12.1 Å². The zero-order chi connectivity index (χ0) is 13.8. The molecule has 0 spiro atoms. The van der Waals surface area contributed by atoms with Gasteiger partial charge in [0.25, 0.3) is 0 Å². The number of ether oxygens (including phenoxy) is 2. The Morgan fingerprint density at radius 3 is 2.53 bits per heavy atom. The largest absolute Gasteiger partial charge is 0.497 e. The molecule has 2 rings (SSSR count). The molecule has 0 aromatic heterocycles. The van der Waals surface area contributed by atoms with Crippen molar-refractivity contribution < 1.29 is 9.47 Å². The van der Waals surface area contributed by atoms with E-state index >= 15 is 0 Å². The van der Waals surface area contributed by atoms with Crippen molar-refractivity contribution in [2.45, 2.75) is 20.5 Å². The lowest BCUT2D eigenvalue weighted by atomic mass is 10.1. The highest BCUT2D eigenvalue weighted by molar-refractivity contribution is 5.56. The standard InChI is InChI=1S/C16H19NO2/c1-11-4-5-12(2)13(8-11)10-19-16-7-6-14(18-3)9-15(16)17/h4-9H,10,17H2,1-3H3. The molecule has 2 aromatic rings. The van der Waals surface area contributed by atoms with Crippen LogP contribution in [0.15, 0.2) is 36.4 Å². The molecule has 0 fully saturated rings. The van der Waals surface area contributed by atoms with E-state index in [0.29, 0.717) is 18.0 Å². The van der Waals surface area contributed by atoms with Crippen molar-refractivity contribution in [3.8, 4) is 11.5 Å². The highest BCUT2D eigenvalue weighted by Gasteiger charge is 2.04. The van der Waals surface area contributed by atoms with Crippen LogP contribution >= 0.6 is 0 Å². The number of nitrogen functional groups attached to an aromatic ring is 1. The third kappa shape index (κ3) is 3.19. The van der Waals surface area contributed by atoms with E-state index in [1.54, 1.807) is 13.2 Å². The maximum atomic E-state index is 5.92. The van der Waals surface area contributed by atoms with Crippen LogP contribution in [0.3, 0.4) is 0 Å². The van der Waals surface area contributed by atoms with Crippen LogP contribution in [0.25, 0.3) is 0 Å². The average Bonchev–Trinajstić information content (AvgIpc) is 2.40. The molecule has 0 heterocycles. The first-order valence-electron chi connectivity index (χ1n) is 6.22. The fourth-order valence-electron chi connectivity index (χ4n) is 1.90. The van der Waals surface area contributed by atoms with Crippen molar-refractivity contribution in [2.75, 3.05) is 12.8 Å². The fourth-order valence-corrected chi connectivity index (χ4v) is 1.90. The maximum absolute atomic E-state index is 5.92. The fraction of sp³-hybridized carbons (Fsp3) is 0.250. The van der Waals surface area contributed by atoms with Gasteiger partial charge in [0.2, 0.25) is 0 Å². The van der Waals surface area contributed by atoms with Crippen molar-refractivity contribution >= 4 is 5.69 Å². The molecule has 2 aromatic carbocycles. The summed E-state index contributed by atoms with van der Waals surface area (Å²) in [7, 11) is 1.62. The molecule has 0 radical (unpaired) electrons. The van der Waals surface area contributed by atoms with Gasteiger partial charge in [-0.05, 0) is 37.1 Å². The highest BCUT2D eigenvalue weighted by Crippen LogP contribution is 2.27. The van der Waals surface area contributed by atoms with E-state index in [-0.39, 0.29) is 0 Å². The molecular weight excluding hydrogens is 238 g/mol. The van der Waals surface area contributed by atoms with Crippen molar-refractivity contribution in [1.82, 2.24) is 0 Å². The molecule has 19 heavy (non-hydrogen) atoms. The number of anilines is 1. The van der Waals surface area contributed by atoms with Gasteiger partial charge in [-0.3, -0.25) is 0 Å². The van der Waals surface area contributed by atoms with E-state index in [0.717, 1.165) is 5.75 Å². The molecule has 100 valence electrons. The van der Waals surface area contributed by atoms with Gasteiger partial charge in [-0.2, -0.15) is 0 Å². The number of hydrogen-bond donors (Lipinski definition) is 1. The number of benzene rings is 2. The minimum absolute atomic E-state index is 0.518. The molecule has 3 heteroatoms. The van der Waals surface area contributed by atoms with Gasteiger partial charge in [-0.1, -0.05) is 23.8 Å². The van der Waals surface area contributed by atoms with Crippen LogP contribution in [-0.2, 0) is 6.61 Å². The van der Waals surface area contributed by atoms with Crippen molar-refractivity contribution in [3.05, 3.63) is 53.1 Å². The van der Waals surface area contributed by atoms with Crippen LogP contribution in [-0.4, -0.2) is 7.11 Å². The third-order valence-corrected chi connectivity index (χ3v) is 3.10. The second kappa shape index (κ2) is 5.65. The summed E-state index contributed by atoms with van der Waals surface area (Å²) in [4.78, 5) is 0. The molecule has 0 amide bonds. The van der Waals surface area contributed by atoms with Crippen LogP contribution in [0.5, 0.6) is 11.5 Å². The monoisotopic (exact) mass is 257 g/mol. The van der Waals surface area contributed by atoms with Crippen LogP contribution in [0.1, 0.15) is 16.7 Å². The summed E-state index contributed by atoms with van der Waals surface area (Å²) >= 11 is 0. The Kier molecular flexibility index (Phi) is 3.95. The topological polar surface area (TPSA) is 44.5 Å². The van der Waals surface area contributed by atoms with Crippen molar-refractivity contribution in [1.29, 1.82) is 0 Å². The average molecular weight is 257 g/mol. The smallest absolute Gasteiger partial charge is 0.142 e. The summed E-state index contributed by atoms with van der Waals surface area (Å²) in [6.45, 7) is 4.67. The zero-order valence-electron chi connectivity index (χ0n) is 11.6. The first-order chi connectivity index (χ1) is 9.10. The van der Waals surface area contributed by atoms with Crippen LogP contribution in [0.2, 0.25) is 0 Å². The van der Waals surface area contributed by atoms with E-state index < -0.39 is 0 Å². The van der Waals surface area contributed by atoms with Crippen LogP contribution in [0.4, 0.5) is 5.69 Å². The zero-order valence-corrected chi connectivity index (χ0v) is 11.6. The molecule has 0 aliphatic rings. The van der Waals surface area contributed by atoms with Gasteiger partial charge < -0.3 is 15.2 Å². The lowest BCUT2D eigenvalue weighted by Crippen LogP contribution is -2.01. The van der Waals surface area contributed by atoms with Crippen LogP contribution in [0, 0.1) is 13.8 Å². The summed E-state index contributed by atoms with van der Waals surface area (Å²) in [5.74, 6) is 1.42. The molecule has 0 saturated heterocycles. The second-order valence-corrected chi connectivity index (χ2v) is 4.62. The number of nitrogens with two attached hydrogens (primary N) is 1. The summed E-state index contributed by atoms with van der Waals surface area (Å²) in [5.41, 5.74) is 10.1. The second-order valence-electron chi connectivity index (χ2n) is 4.62. The SMILES string of the molecule is COc1ccc(OCc2cc(C)ccc2C)c(N)c1. The van der Waals surface area contributed by atoms with Gasteiger partial charge in [0.05, 0.1) is 12.8 Å². The number of methoxy groups -OCH3 is 1. The summed E-state index contributed by atoms with van der Waals surface area (Å²) in [6.07, 6.45) is 0. The lowest BCUT2D eigenvalue weighted by Gasteiger charge is -2.12. The summed E-state index contributed by atoms with van der Waals surface area (Å²) in [6, 6.07) is 11.8. The first kappa shape index (κ1) is 13.3. The van der Waals surface area contributed by atoms with Crippen LogP contribution < -0.4 is 15.2 Å². The molecule has 3 nitrogen and oxygen atoms in total. The molecule has 0 unspecified atom stereocenters. The predicted molar refractivity (Wildman–Crippen MR) is 77.7 cm³/mol. The van der Waals surface area contributed by atoms with Crippen molar-refractivity contribution in [2.24, 2.45) is 0 Å². The normalized spacial score (nSPS) is 10.3. The van der Waals surface area contributed by atoms with Gasteiger partial charge >= 0.3 is 0 Å². The Hall–Kier alpha value is -2.16. The quantitative estimate of drug-likeness (QED) is 0.853. The predicted octanol–water partition coefficient (Wildman–Crippen LogP) is 3.47. The molecule has 0 bridgehead atoms. The molecule has 2 N–H and O–H groups in total. The number of rotatable bonds is 4. The third-order valence-electron chi connectivity index (χ3n) is 3.10. The molecule has 0 aliphatic heterocycles. The Morgan fingerprint density at radius 2 is 1.84 bits per heavy atom. The Bertz CT molecular complexity index is 579. The summed E-state index contributed by atoms with van der Waals surface area (Å²) in [5, 5.41) is 0. The summed E-state index contributed by atoms with van der Waals surface area (Å²) < 4.78 is 10.9. The first-order valence-corrected chi connectivity index (χ1v) is 6.22. The Balaban J connectivity index is 2.12. The highest BCUT2D eigenvalue weighted by atomic mass is 16.5. The number of aryl methyl sites for hydroxylation is 2. The van der Waals surface area contributed by atoms with Crippen molar-refractivity contribution in [3.63, 3.8) is 0 Å². The molecular formula is C16H19NO2. The molecule has 0 saturated carbocycles. The van der Waals surface area contributed by atoms with Gasteiger partial charge in [-0.15, -0.1) is 0 Å². The van der Waals surface area contributed by atoms with Gasteiger partial charge in [0, 0.05) is 6.07 Å². The Labute approximate surface area is 114 Å². The van der Waals surface area contributed by atoms with Gasteiger partial charge in [-0.25, -0.2) is 0 Å². The molecule has 0 atom stereocenters. The van der Waals surface area contributed by atoms with E-state index in [9.17, 15) is 0 Å². The van der Waals surface area contributed by atoms with Gasteiger partial charge in [0.15, 0.2) is 0 Å². The van der Waals surface area contributed by atoms with E-state index in [1.165, 1.54) is 16.7 Å². The number of hydrogen-bond acceptors (Lipinski definition) is 3.